The van der Waals surface area contributed by atoms with Gasteiger partial charge in [-0.05, 0) is 49.4 Å². The van der Waals surface area contributed by atoms with Crippen LogP contribution in [0.2, 0.25) is 0 Å². The normalized spacial score (nSPS) is 17.2. The van der Waals surface area contributed by atoms with E-state index in [0.717, 1.165) is 24.0 Å². The van der Waals surface area contributed by atoms with Gasteiger partial charge >= 0.3 is 5.97 Å². The van der Waals surface area contributed by atoms with Gasteiger partial charge in [-0.1, -0.05) is 6.07 Å². The lowest BCUT2D eigenvalue weighted by Crippen LogP contribution is -2.16. The van der Waals surface area contributed by atoms with Gasteiger partial charge in [-0.15, -0.1) is 0 Å². The van der Waals surface area contributed by atoms with E-state index < -0.39 is 11.4 Å². The summed E-state index contributed by atoms with van der Waals surface area (Å²) in [5.41, 5.74) is 2.10. The van der Waals surface area contributed by atoms with Crippen molar-refractivity contribution in [1.29, 1.82) is 0 Å². The Morgan fingerprint density at radius 3 is 2.56 bits per heavy atom. The molecule has 1 aromatic rings. The van der Waals surface area contributed by atoms with Crippen LogP contribution >= 0.6 is 0 Å². The Morgan fingerprint density at radius 2 is 2.06 bits per heavy atom. The Balaban J connectivity index is 2.48. The van der Waals surface area contributed by atoms with Gasteiger partial charge in [-0.3, -0.25) is 4.79 Å². The van der Waals surface area contributed by atoms with Crippen LogP contribution in [0.1, 0.15) is 36.0 Å². The highest BCUT2D eigenvalue weighted by Crippen LogP contribution is 2.53. The Bertz CT molecular complexity index is 447. The summed E-state index contributed by atoms with van der Waals surface area (Å²) in [4.78, 5) is 10.8. The molecule has 1 aromatic carbocycles. The molecular formula is C13H15FO2. The van der Waals surface area contributed by atoms with Gasteiger partial charge in [0.15, 0.2) is 0 Å². The summed E-state index contributed by atoms with van der Waals surface area (Å²) in [6, 6.07) is 3.19. The lowest BCUT2D eigenvalue weighted by Gasteiger charge is -2.18. The third kappa shape index (κ3) is 1.70. The van der Waals surface area contributed by atoms with E-state index in [1.807, 2.05) is 13.8 Å². The Kier molecular flexibility index (Phi) is 2.49. The van der Waals surface area contributed by atoms with E-state index in [-0.39, 0.29) is 12.2 Å². The second-order valence-electron chi connectivity index (χ2n) is 4.72. The predicted octanol–water partition coefficient (Wildman–Crippen LogP) is 2.95. The number of hydrogen-bond acceptors (Lipinski definition) is 1. The van der Waals surface area contributed by atoms with Crippen LogP contribution in [0.5, 0.6) is 0 Å². The molecule has 86 valence electrons. The maximum atomic E-state index is 13.8. The van der Waals surface area contributed by atoms with Gasteiger partial charge in [0.2, 0.25) is 0 Å². The molecule has 16 heavy (non-hydrogen) atoms. The highest BCUT2D eigenvalue weighted by molar-refractivity contribution is 5.70. The van der Waals surface area contributed by atoms with E-state index in [1.165, 1.54) is 6.07 Å². The molecule has 0 heterocycles. The van der Waals surface area contributed by atoms with Crippen LogP contribution in [-0.2, 0) is 10.2 Å². The van der Waals surface area contributed by atoms with Crippen LogP contribution in [0, 0.1) is 19.7 Å². The molecule has 0 bridgehead atoms. The van der Waals surface area contributed by atoms with Crippen molar-refractivity contribution >= 4 is 5.97 Å². The first-order valence-electron chi connectivity index (χ1n) is 5.44. The number of hydrogen-bond donors (Lipinski definition) is 1. The highest BCUT2D eigenvalue weighted by Gasteiger charge is 2.48. The van der Waals surface area contributed by atoms with Crippen molar-refractivity contribution in [1.82, 2.24) is 0 Å². The first-order chi connectivity index (χ1) is 7.46. The molecule has 0 atom stereocenters. The molecule has 0 amide bonds. The molecule has 2 rings (SSSR count). The van der Waals surface area contributed by atoms with Gasteiger partial charge in [0.25, 0.3) is 0 Å². The van der Waals surface area contributed by atoms with Crippen molar-refractivity contribution in [2.75, 3.05) is 0 Å². The molecule has 3 heteroatoms. The molecule has 0 radical (unpaired) electrons. The minimum Gasteiger partial charge on any atom is -0.481 e. The quantitative estimate of drug-likeness (QED) is 0.853. The van der Waals surface area contributed by atoms with Crippen LogP contribution in [0.4, 0.5) is 4.39 Å². The summed E-state index contributed by atoms with van der Waals surface area (Å²) in [5, 5.41) is 8.88. The summed E-state index contributed by atoms with van der Waals surface area (Å²) in [6.07, 6.45) is 1.59. The van der Waals surface area contributed by atoms with E-state index in [1.54, 1.807) is 6.07 Å². The Morgan fingerprint density at radius 1 is 1.44 bits per heavy atom. The van der Waals surface area contributed by atoms with Crippen molar-refractivity contribution in [2.45, 2.75) is 38.5 Å². The van der Waals surface area contributed by atoms with Crippen LogP contribution < -0.4 is 0 Å². The van der Waals surface area contributed by atoms with Gasteiger partial charge in [-0.2, -0.15) is 0 Å². The highest BCUT2D eigenvalue weighted by atomic mass is 19.1. The van der Waals surface area contributed by atoms with E-state index >= 15 is 0 Å². The summed E-state index contributed by atoms with van der Waals surface area (Å²) < 4.78 is 13.8. The largest absolute Gasteiger partial charge is 0.481 e. The summed E-state index contributed by atoms with van der Waals surface area (Å²) in [5.74, 6) is -1.11. The van der Waals surface area contributed by atoms with Gasteiger partial charge in [-0.25, -0.2) is 4.39 Å². The fourth-order valence-corrected chi connectivity index (χ4v) is 2.39. The van der Waals surface area contributed by atoms with E-state index in [0.29, 0.717) is 5.56 Å². The minimum atomic E-state index is -0.849. The van der Waals surface area contributed by atoms with E-state index in [4.69, 9.17) is 5.11 Å². The van der Waals surface area contributed by atoms with Crippen LogP contribution in [0.15, 0.2) is 12.1 Å². The van der Waals surface area contributed by atoms with Crippen molar-refractivity contribution in [3.8, 4) is 0 Å². The predicted molar refractivity (Wildman–Crippen MR) is 59.0 cm³/mol. The molecule has 1 saturated carbocycles. The molecule has 0 spiro atoms. The Hall–Kier alpha value is -1.38. The molecule has 1 N–H and O–H groups in total. The van der Waals surface area contributed by atoms with Crippen molar-refractivity contribution in [3.63, 3.8) is 0 Å². The van der Waals surface area contributed by atoms with Crippen LogP contribution in [0.25, 0.3) is 0 Å². The summed E-state index contributed by atoms with van der Waals surface area (Å²) in [7, 11) is 0. The molecule has 0 aromatic heterocycles. The molecule has 0 aliphatic heterocycles. The number of aryl methyl sites for hydroxylation is 1. The third-order valence-corrected chi connectivity index (χ3v) is 3.56. The lowest BCUT2D eigenvalue weighted by molar-refractivity contribution is -0.137. The van der Waals surface area contributed by atoms with E-state index in [9.17, 15) is 9.18 Å². The van der Waals surface area contributed by atoms with Gasteiger partial charge in [0.05, 0.1) is 6.42 Å². The average molecular weight is 222 g/mol. The van der Waals surface area contributed by atoms with Crippen molar-refractivity contribution in [2.24, 2.45) is 0 Å². The van der Waals surface area contributed by atoms with E-state index in [2.05, 4.69) is 0 Å². The number of rotatable bonds is 3. The minimum absolute atomic E-state index is 0.0359. The van der Waals surface area contributed by atoms with Crippen molar-refractivity contribution < 1.29 is 14.3 Å². The molecule has 0 unspecified atom stereocenters. The fraction of sp³-hybridized carbons (Fsp3) is 0.462. The summed E-state index contributed by atoms with van der Waals surface area (Å²) >= 11 is 0. The SMILES string of the molecule is Cc1ccc(F)c(C2(CC(=O)O)CC2)c1C. The molecular weight excluding hydrogens is 207 g/mol. The zero-order valence-corrected chi connectivity index (χ0v) is 9.51. The first kappa shape index (κ1) is 11.1. The van der Waals surface area contributed by atoms with Gasteiger partial charge in [0, 0.05) is 5.41 Å². The Labute approximate surface area is 94.1 Å². The zero-order valence-electron chi connectivity index (χ0n) is 9.51. The maximum absolute atomic E-state index is 13.8. The third-order valence-electron chi connectivity index (χ3n) is 3.56. The molecule has 2 nitrogen and oxygen atoms in total. The maximum Gasteiger partial charge on any atom is 0.304 e. The fourth-order valence-electron chi connectivity index (χ4n) is 2.39. The monoisotopic (exact) mass is 222 g/mol. The zero-order chi connectivity index (χ0) is 11.9. The summed E-state index contributed by atoms with van der Waals surface area (Å²) in [6.45, 7) is 3.80. The standard InChI is InChI=1S/C13H15FO2/c1-8-3-4-10(14)12(9(8)2)13(5-6-13)7-11(15)16/h3-4H,5-7H2,1-2H3,(H,15,16). The molecule has 1 fully saturated rings. The number of benzene rings is 1. The second-order valence-corrected chi connectivity index (χ2v) is 4.72. The lowest BCUT2D eigenvalue weighted by atomic mass is 9.86. The number of halogens is 1. The number of carboxylic acid groups (broad SMARTS) is 1. The second kappa shape index (κ2) is 3.58. The van der Waals surface area contributed by atoms with Crippen molar-refractivity contribution in [3.05, 3.63) is 34.6 Å². The average Bonchev–Trinajstić information content (AvgIpc) is 2.92. The number of carboxylic acids is 1. The van der Waals surface area contributed by atoms with Gasteiger partial charge < -0.3 is 5.11 Å². The molecule has 0 saturated heterocycles. The number of aliphatic carboxylic acids is 1. The molecule has 1 aliphatic rings. The molecule has 1 aliphatic carbocycles. The van der Waals surface area contributed by atoms with Crippen LogP contribution in [-0.4, -0.2) is 11.1 Å². The topological polar surface area (TPSA) is 37.3 Å². The smallest absolute Gasteiger partial charge is 0.304 e. The van der Waals surface area contributed by atoms with Crippen LogP contribution in [0.3, 0.4) is 0 Å². The van der Waals surface area contributed by atoms with Gasteiger partial charge in [0.1, 0.15) is 5.82 Å². The number of carbonyl (C=O) groups is 1. The first-order valence-corrected chi connectivity index (χ1v) is 5.44.